The fourth-order valence-electron chi connectivity index (χ4n) is 2.32. The molecule has 5 nitrogen and oxygen atoms in total. The number of aromatic amines is 1. The Morgan fingerprint density at radius 1 is 1.29 bits per heavy atom. The Bertz CT molecular complexity index is 366. The van der Waals surface area contributed by atoms with Crippen molar-refractivity contribution in [2.24, 2.45) is 0 Å². The van der Waals surface area contributed by atoms with Crippen LogP contribution in [-0.2, 0) is 0 Å². The van der Waals surface area contributed by atoms with Gasteiger partial charge in [0, 0.05) is 12.1 Å². The van der Waals surface area contributed by atoms with Gasteiger partial charge in [0.2, 0.25) is 0 Å². The highest BCUT2D eigenvalue weighted by Crippen LogP contribution is 2.17. The number of aromatic nitrogens is 2. The third-order valence-electron chi connectivity index (χ3n) is 3.28. The quantitative estimate of drug-likeness (QED) is 0.732. The van der Waals surface area contributed by atoms with E-state index in [1.165, 1.54) is 32.1 Å². The average molecular weight is 236 g/mol. The van der Waals surface area contributed by atoms with Gasteiger partial charge in [-0.25, -0.2) is 0 Å². The molecular weight excluding hydrogens is 216 g/mol. The summed E-state index contributed by atoms with van der Waals surface area (Å²) in [5, 5.41) is 9.44. The van der Waals surface area contributed by atoms with Gasteiger partial charge in [-0.2, -0.15) is 5.10 Å². The molecule has 0 aliphatic heterocycles. The summed E-state index contributed by atoms with van der Waals surface area (Å²) in [5.74, 6) is 0.257. The number of nitrogen functional groups attached to an aromatic ring is 1. The van der Waals surface area contributed by atoms with E-state index in [2.05, 4.69) is 15.5 Å². The number of nitrogens with zero attached hydrogens (tertiary/aromatic N) is 1. The number of carbonyl (C=O) groups is 1. The predicted molar refractivity (Wildman–Crippen MR) is 66.6 cm³/mol. The lowest BCUT2D eigenvalue weighted by molar-refractivity contribution is 0.0925. The van der Waals surface area contributed by atoms with Crippen LogP contribution in [0.15, 0.2) is 6.07 Å². The first-order valence-electron chi connectivity index (χ1n) is 6.37. The van der Waals surface area contributed by atoms with E-state index in [0.717, 1.165) is 12.8 Å². The summed E-state index contributed by atoms with van der Waals surface area (Å²) >= 11 is 0. The van der Waals surface area contributed by atoms with E-state index in [0.29, 0.717) is 17.6 Å². The first-order valence-corrected chi connectivity index (χ1v) is 6.37. The van der Waals surface area contributed by atoms with Crippen molar-refractivity contribution in [3.05, 3.63) is 11.8 Å². The second-order valence-electron chi connectivity index (χ2n) is 4.72. The normalized spacial score (nSPS) is 18.4. The van der Waals surface area contributed by atoms with Crippen LogP contribution >= 0.6 is 0 Å². The molecule has 5 heteroatoms. The van der Waals surface area contributed by atoms with E-state index in [1.807, 2.05) is 0 Å². The molecule has 1 fully saturated rings. The van der Waals surface area contributed by atoms with Gasteiger partial charge in [-0.3, -0.25) is 9.89 Å². The molecule has 1 aromatic heterocycles. The van der Waals surface area contributed by atoms with Crippen LogP contribution in [0.2, 0.25) is 0 Å². The van der Waals surface area contributed by atoms with Crippen molar-refractivity contribution in [2.75, 3.05) is 5.73 Å². The molecule has 1 aliphatic rings. The molecule has 0 unspecified atom stereocenters. The molecule has 94 valence electrons. The van der Waals surface area contributed by atoms with Crippen LogP contribution in [0, 0.1) is 0 Å². The fourth-order valence-corrected chi connectivity index (χ4v) is 2.32. The molecular formula is C12H20N4O. The van der Waals surface area contributed by atoms with Crippen molar-refractivity contribution in [2.45, 2.75) is 51.0 Å². The minimum Gasteiger partial charge on any atom is -0.382 e. The number of hydrogen-bond acceptors (Lipinski definition) is 3. The van der Waals surface area contributed by atoms with E-state index >= 15 is 0 Å². The summed E-state index contributed by atoms with van der Waals surface area (Å²) in [6.45, 7) is 0. The zero-order valence-electron chi connectivity index (χ0n) is 10.0. The number of nitrogens with two attached hydrogens (primary N) is 1. The zero-order valence-corrected chi connectivity index (χ0v) is 10.0. The zero-order chi connectivity index (χ0) is 12.1. The van der Waals surface area contributed by atoms with Crippen LogP contribution in [-0.4, -0.2) is 22.1 Å². The van der Waals surface area contributed by atoms with Crippen molar-refractivity contribution < 1.29 is 4.79 Å². The van der Waals surface area contributed by atoms with Gasteiger partial charge in [0.15, 0.2) is 0 Å². The van der Waals surface area contributed by atoms with Gasteiger partial charge < -0.3 is 11.1 Å². The van der Waals surface area contributed by atoms with Gasteiger partial charge in [0.25, 0.3) is 5.91 Å². The molecule has 0 aromatic carbocycles. The van der Waals surface area contributed by atoms with E-state index in [1.54, 1.807) is 6.07 Å². The first kappa shape index (κ1) is 12.0. The SMILES string of the molecule is Nc1cc(C(=O)NC2CCCCCCC2)[nH]n1. The second-order valence-corrected chi connectivity index (χ2v) is 4.72. The second kappa shape index (κ2) is 5.70. The monoisotopic (exact) mass is 236 g/mol. The lowest BCUT2D eigenvalue weighted by Gasteiger charge is -2.20. The molecule has 2 rings (SSSR count). The fraction of sp³-hybridized carbons (Fsp3) is 0.667. The maximum absolute atomic E-state index is 11.9. The average Bonchev–Trinajstić information content (AvgIpc) is 2.68. The van der Waals surface area contributed by atoms with Crippen LogP contribution in [0.4, 0.5) is 5.82 Å². The van der Waals surface area contributed by atoms with E-state index in [-0.39, 0.29) is 5.91 Å². The lowest BCUT2D eigenvalue weighted by Crippen LogP contribution is -2.35. The summed E-state index contributed by atoms with van der Waals surface area (Å²) in [6.07, 6.45) is 8.46. The van der Waals surface area contributed by atoms with Crippen molar-refractivity contribution in [3.8, 4) is 0 Å². The van der Waals surface area contributed by atoms with Crippen molar-refractivity contribution in [1.29, 1.82) is 0 Å². The van der Waals surface area contributed by atoms with Gasteiger partial charge in [-0.05, 0) is 12.8 Å². The summed E-state index contributed by atoms with van der Waals surface area (Å²) in [6, 6.07) is 1.87. The highest BCUT2D eigenvalue weighted by atomic mass is 16.2. The molecule has 1 aliphatic carbocycles. The highest BCUT2D eigenvalue weighted by molar-refractivity contribution is 5.93. The summed E-state index contributed by atoms with van der Waals surface area (Å²) < 4.78 is 0. The Morgan fingerprint density at radius 3 is 2.53 bits per heavy atom. The van der Waals surface area contributed by atoms with Crippen LogP contribution in [0.5, 0.6) is 0 Å². The predicted octanol–water partition coefficient (Wildman–Crippen LogP) is 1.83. The largest absolute Gasteiger partial charge is 0.382 e. The minimum atomic E-state index is -0.0974. The maximum Gasteiger partial charge on any atom is 0.269 e. The first-order chi connectivity index (χ1) is 8.25. The Kier molecular flexibility index (Phi) is 4.01. The summed E-state index contributed by atoms with van der Waals surface area (Å²) in [5.41, 5.74) is 5.92. The number of H-pyrrole nitrogens is 1. The minimum absolute atomic E-state index is 0.0974. The number of amides is 1. The lowest BCUT2D eigenvalue weighted by atomic mass is 9.96. The van der Waals surface area contributed by atoms with E-state index in [9.17, 15) is 4.79 Å². The highest BCUT2D eigenvalue weighted by Gasteiger charge is 2.16. The molecule has 0 atom stereocenters. The molecule has 0 spiro atoms. The third-order valence-corrected chi connectivity index (χ3v) is 3.28. The standard InChI is InChI=1S/C12H20N4O/c13-11-8-10(15-16-11)12(17)14-9-6-4-2-1-3-5-7-9/h8-9H,1-7H2,(H,14,17)(H3,13,15,16). The van der Waals surface area contributed by atoms with Gasteiger partial charge in [-0.1, -0.05) is 32.1 Å². The van der Waals surface area contributed by atoms with Gasteiger partial charge in [-0.15, -0.1) is 0 Å². The molecule has 1 heterocycles. The number of anilines is 1. The smallest absolute Gasteiger partial charge is 0.269 e. The molecule has 17 heavy (non-hydrogen) atoms. The Balaban J connectivity index is 1.88. The third kappa shape index (κ3) is 3.47. The van der Waals surface area contributed by atoms with E-state index < -0.39 is 0 Å². The molecule has 1 aromatic rings. The number of rotatable bonds is 2. The molecule has 0 saturated heterocycles. The van der Waals surface area contributed by atoms with Crippen LogP contribution in [0.1, 0.15) is 55.4 Å². The molecule has 1 amide bonds. The van der Waals surface area contributed by atoms with Gasteiger partial charge >= 0.3 is 0 Å². The maximum atomic E-state index is 11.9. The molecule has 0 radical (unpaired) electrons. The van der Waals surface area contributed by atoms with Gasteiger partial charge in [0.05, 0.1) is 0 Å². The van der Waals surface area contributed by atoms with E-state index in [4.69, 9.17) is 5.73 Å². The van der Waals surface area contributed by atoms with Crippen molar-refractivity contribution >= 4 is 11.7 Å². The molecule has 4 N–H and O–H groups in total. The number of hydrogen-bond donors (Lipinski definition) is 3. The topological polar surface area (TPSA) is 83.8 Å². The summed E-state index contributed by atoms with van der Waals surface area (Å²) in [4.78, 5) is 11.9. The van der Waals surface area contributed by atoms with Crippen molar-refractivity contribution in [3.63, 3.8) is 0 Å². The summed E-state index contributed by atoms with van der Waals surface area (Å²) in [7, 11) is 0. The van der Waals surface area contributed by atoms with Crippen LogP contribution < -0.4 is 11.1 Å². The molecule has 1 saturated carbocycles. The van der Waals surface area contributed by atoms with Crippen LogP contribution in [0.3, 0.4) is 0 Å². The Hall–Kier alpha value is -1.52. The van der Waals surface area contributed by atoms with Gasteiger partial charge in [0.1, 0.15) is 11.5 Å². The Labute approximate surface area is 101 Å². The van der Waals surface area contributed by atoms with Crippen molar-refractivity contribution in [1.82, 2.24) is 15.5 Å². The number of nitrogens with one attached hydrogen (secondary N) is 2. The Morgan fingerprint density at radius 2 is 1.94 bits per heavy atom. The number of carbonyl (C=O) groups excluding carboxylic acids is 1. The van der Waals surface area contributed by atoms with Crippen LogP contribution in [0.25, 0.3) is 0 Å². The molecule has 0 bridgehead atoms.